The number of anilines is 1. The van der Waals surface area contributed by atoms with Gasteiger partial charge in [0.05, 0.1) is 17.3 Å². The number of aromatic nitrogens is 3. The van der Waals surface area contributed by atoms with Gasteiger partial charge in [0, 0.05) is 43.9 Å². The average Bonchev–Trinajstić information content (AvgIpc) is 2.93. The van der Waals surface area contributed by atoms with Gasteiger partial charge in [0.25, 0.3) is 11.4 Å². The molecule has 1 unspecified atom stereocenters. The molecular formula is C28H23ClFN7O. The van der Waals surface area contributed by atoms with E-state index in [1.807, 2.05) is 24.0 Å². The van der Waals surface area contributed by atoms with E-state index in [1.165, 1.54) is 10.6 Å². The molecular weight excluding hydrogens is 505 g/mol. The van der Waals surface area contributed by atoms with Crippen LogP contribution in [0.3, 0.4) is 0 Å². The first kappa shape index (κ1) is 25.3. The minimum Gasteiger partial charge on any atom is -0.364 e. The van der Waals surface area contributed by atoms with Crippen molar-refractivity contribution in [2.24, 2.45) is 7.05 Å². The van der Waals surface area contributed by atoms with Gasteiger partial charge in [0.15, 0.2) is 0 Å². The highest BCUT2D eigenvalue weighted by atomic mass is 35.5. The fourth-order valence-corrected chi connectivity index (χ4v) is 5.29. The lowest BCUT2D eigenvalue weighted by Crippen LogP contribution is -2.54. The summed E-state index contributed by atoms with van der Waals surface area (Å²) in [6.45, 7) is 10.8. The van der Waals surface area contributed by atoms with Crippen LogP contribution >= 0.6 is 11.6 Å². The predicted octanol–water partition coefficient (Wildman–Crippen LogP) is 4.84. The van der Waals surface area contributed by atoms with Gasteiger partial charge in [0.1, 0.15) is 23.1 Å². The number of hydrogen-bond acceptors (Lipinski definition) is 6. The summed E-state index contributed by atoms with van der Waals surface area (Å²) in [7, 11) is 1.59. The number of aryl methyl sites for hydroxylation is 1. The number of piperazine rings is 1. The largest absolute Gasteiger partial charge is 0.364 e. The first-order valence-electron chi connectivity index (χ1n) is 12.0. The Morgan fingerprint density at radius 2 is 1.97 bits per heavy atom. The van der Waals surface area contributed by atoms with E-state index in [1.54, 1.807) is 43.6 Å². The fraction of sp³-hybridized carbons (Fsp3) is 0.250. The van der Waals surface area contributed by atoms with E-state index in [0.29, 0.717) is 47.1 Å². The standard InChI is InChI=1S/C28H23ClFN7O/c1-17-16-36(27-20(15-31)28(38)35(3)22-10-11-23(32-2)34-25(22)27)13-14-37(17)26(18-6-8-19(29)9-7-18)24-21(30)5-4-12-33-24/h4-12,17,26H,13-14,16H2,1,3H3/t17-,26?/m1/s1. The lowest BCUT2D eigenvalue weighted by Gasteiger charge is -2.44. The van der Waals surface area contributed by atoms with E-state index in [9.17, 15) is 10.1 Å². The van der Waals surface area contributed by atoms with Gasteiger partial charge in [0.2, 0.25) is 5.52 Å². The van der Waals surface area contributed by atoms with Crippen molar-refractivity contribution >= 4 is 34.1 Å². The molecule has 4 aromatic rings. The van der Waals surface area contributed by atoms with Crippen molar-refractivity contribution in [3.8, 4) is 6.07 Å². The van der Waals surface area contributed by atoms with Crippen LogP contribution in [0.15, 0.2) is 59.5 Å². The molecule has 1 aliphatic rings. The van der Waals surface area contributed by atoms with Gasteiger partial charge in [-0.1, -0.05) is 30.3 Å². The van der Waals surface area contributed by atoms with E-state index in [-0.39, 0.29) is 17.4 Å². The van der Waals surface area contributed by atoms with Crippen LogP contribution in [0.5, 0.6) is 0 Å². The molecule has 0 radical (unpaired) electrons. The normalized spacial score (nSPS) is 16.7. The minimum absolute atomic E-state index is 0.0136. The summed E-state index contributed by atoms with van der Waals surface area (Å²) < 4.78 is 16.4. The highest BCUT2D eigenvalue weighted by Gasteiger charge is 2.36. The Hall–Kier alpha value is -4.31. The molecule has 190 valence electrons. The molecule has 0 saturated carbocycles. The van der Waals surface area contributed by atoms with E-state index in [2.05, 4.69) is 25.8 Å². The van der Waals surface area contributed by atoms with Gasteiger partial charge in [-0.2, -0.15) is 5.26 Å². The van der Waals surface area contributed by atoms with E-state index < -0.39 is 17.4 Å². The Kier molecular flexibility index (Phi) is 6.81. The molecule has 0 bridgehead atoms. The van der Waals surface area contributed by atoms with Crippen molar-refractivity contribution in [1.29, 1.82) is 5.26 Å². The minimum atomic E-state index is -0.465. The van der Waals surface area contributed by atoms with Crippen molar-refractivity contribution in [1.82, 2.24) is 19.4 Å². The Balaban J connectivity index is 1.58. The number of rotatable bonds is 4. The average molecular weight is 528 g/mol. The molecule has 1 aliphatic heterocycles. The Morgan fingerprint density at radius 1 is 1.21 bits per heavy atom. The lowest BCUT2D eigenvalue weighted by atomic mass is 9.97. The van der Waals surface area contributed by atoms with Crippen LogP contribution in [-0.4, -0.2) is 45.1 Å². The molecule has 5 rings (SSSR count). The topological polar surface area (TPSA) is 82.4 Å². The van der Waals surface area contributed by atoms with Gasteiger partial charge in [-0.05, 0) is 48.9 Å². The van der Waals surface area contributed by atoms with E-state index in [0.717, 1.165) is 5.56 Å². The second kappa shape index (κ2) is 10.2. The number of benzene rings is 1. The molecule has 38 heavy (non-hydrogen) atoms. The maximum absolute atomic E-state index is 15.0. The molecule has 0 spiro atoms. The van der Waals surface area contributed by atoms with Crippen molar-refractivity contribution in [3.63, 3.8) is 0 Å². The molecule has 1 saturated heterocycles. The molecule has 10 heteroatoms. The molecule has 0 N–H and O–H groups in total. The van der Waals surface area contributed by atoms with Crippen molar-refractivity contribution in [2.45, 2.75) is 19.0 Å². The van der Waals surface area contributed by atoms with Gasteiger partial charge in [-0.3, -0.25) is 14.7 Å². The third kappa shape index (κ3) is 4.37. The highest BCUT2D eigenvalue weighted by molar-refractivity contribution is 6.30. The third-order valence-electron chi connectivity index (χ3n) is 6.98. The summed E-state index contributed by atoms with van der Waals surface area (Å²) in [5, 5.41) is 10.5. The molecule has 1 aromatic carbocycles. The summed E-state index contributed by atoms with van der Waals surface area (Å²) in [4.78, 5) is 29.5. The van der Waals surface area contributed by atoms with Crippen LogP contribution in [0.25, 0.3) is 15.9 Å². The zero-order valence-corrected chi connectivity index (χ0v) is 21.5. The Morgan fingerprint density at radius 3 is 2.63 bits per heavy atom. The summed E-state index contributed by atoms with van der Waals surface area (Å²) in [5.41, 5.74) is 2.14. The van der Waals surface area contributed by atoms with Gasteiger partial charge >= 0.3 is 0 Å². The molecule has 0 aliphatic carbocycles. The molecule has 4 heterocycles. The second-order valence-corrected chi connectivity index (χ2v) is 9.64. The summed E-state index contributed by atoms with van der Waals surface area (Å²) >= 11 is 6.13. The number of hydrogen-bond donors (Lipinski definition) is 0. The quantitative estimate of drug-likeness (QED) is 0.353. The summed E-state index contributed by atoms with van der Waals surface area (Å²) in [6, 6.07) is 15.0. The maximum Gasteiger partial charge on any atom is 0.271 e. The Labute approximate surface area is 224 Å². The molecule has 1 fully saturated rings. The molecule has 8 nitrogen and oxygen atoms in total. The third-order valence-corrected chi connectivity index (χ3v) is 7.24. The van der Waals surface area contributed by atoms with Crippen LogP contribution in [0.1, 0.15) is 29.8 Å². The molecule has 2 atom stereocenters. The first-order valence-corrected chi connectivity index (χ1v) is 12.4. The van der Waals surface area contributed by atoms with Gasteiger partial charge < -0.3 is 14.3 Å². The fourth-order valence-electron chi connectivity index (χ4n) is 5.16. The number of fused-ring (bicyclic) bond motifs is 1. The van der Waals surface area contributed by atoms with Crippen LogP contribution in [0.4, 0.5) is 15.9 Å². The number of nitriles is 1. The lowest BCUT2D eigenvalue weighted by molar-refractivity contribution is 0.145. The van der Waals surface area contributed by atoms with Crippen LogP contribution in [0.2, 0.25) is 5.02 Å². The zero-order chi connectivity index (χ0) is 27.0. The van der Waals surface area contributed by atoms with Crippen LogP contribution in [-0.2, 0) is 7.05 Å². The van der Waals surface area contributed by atoms with Crippen LogP contribution < -0.4 is 10.5 Å². The van der Waals surface area contributed by atoms with Crippen molar-refractivity contribution in [3.05, 3.63) is 104 Å². The van der Waals surface area contributed by atoms with E-state index in [4.69, 9.17) is 18.2 Å². The summed E-state index contributed by atoms with van der Waals surface area (Å²) in [6.07, 6.45) is 1.58. The van der Waals surface area contributed by atoms with Crippen molar-refractivity contribution < 1.29 is 4.39 Å². The second-order valence-electron chi connectivity index (χ2n) is 9.21. The maximum atomic E-state index is 15.0. The first-order chi connectivity index (χ1) is 18.3. The van der Waals surface area contributed by atoms with Gasteiger partial charge in [-0.25, -0.2) is 4.39 Å². The zero-order valence-electron chi connectivity index (χ0n) is 20.8. The van der Waals surface area contributed by atoms with Crippen molar-refractivity contribution in [2.75, 3.05) is 24.5 Å². The monoisotopic (exact) mass is 527 g/mol. The molecule has 3 aromatic heterocycles. The smallest absolute Gasteiger partial charge is 0.271 e. The Bertz CT molecular complexity index is 1670. The summed E-state index contributed by atoms with van der Waals surface area (Å²) in [5.74, 6) is -0.219. The van der Waals surface area contributed by atoms with E-state index >= 15 is 4.39 Å². The number of pyridine rings is 3. The number of nitrogens with zero attached hydrogens (tertiary/aromatic N) is 7. The molecule has 0 amide bonds. The van der Waals surface area contributed by atoms with Gasteiger partial charge in [-0.15, -0.1) is 4.98 Å². The number of halogens is 2. The predicted molar refractivity (Wildman–Crippen MR) is 144 cm³/mol. The highest BCUT2D eigenvalue weighted by Crippen LogP contribution is 2.36. The van der Waals surface area contributed by atoms with Crippen LogP contribution in [0, 0.1) is 23.7 Å². The SMILES string of the molecule is [C-]#[N+]c1ccc2c(n1)c(N1CCN(C(c3ccc(Cl)cc3)c3ncccc3F)[C@H](C)C1)c(C#N)c(=O)n2C.